The predicted octanol–water partition coefficient (Wildman–Crippen LogP) is -2.09. The summed E-state index contributed by atoms with van der Waals surface area (Å²) in [7, 11) is -4.78. The van der Waals surface area contributed by atoms with Crippen LogP contribution in [0.25, 0.3) is 0 Å². The van der Waals surface area contributed by atoms with E-state index in [9.17, 15) is 27.6 Å². The molecule has 4 amide bonds. The van der Waals surface area contributed by atoms with E-state index in [1.165, 1.54) is 33.1 Å². The predicted molar refractivity (Wildman–Crippen MR) is 110 cm³/mol. The number of thiazole rings is 1. The number of oxime groups is 1. The number of nitrogens with one attached hydrogen (secondary N) is 3. The van der Waals surface area contributed by atoms with Crippen LogP contribution in [0.15, 0.2) is 10.5 Å². The van der Waals surface area contributed by atoms with Gasteiger partial charge in [-0.05, 0) is 20.8 Å². The zero-order valence-corrected chi connectivity index (χ0v) is 18.9. The Labute approximate surface area is 186 Å². The second-order valence-electron chi connectivity index (χ2n) is 7.05. The number of nitrogen functional groups attached to an aromatic ring is 1. The monoisotopic (exact) mass is 491 g/mol. The number of aromatic nitrogens is 1. The summed E-state index contributed by atoms with van der Waals surface area (Å²) in [6, 6.07) is -2.34. The molecule has 0 unspecified atom stereocenters. The van der Waals surface area contributed by atoms with E-state index in [0.717, 1.165) is 11.3 Å². The summed E-state index contributed by atoms with van der Waals surface area (Å²) in [4.78, 5) is 57.0. The molecule has 2 rings (SSSR count). The first-order chi connectivity index (χ1) is 14.6. The Bertz CT molecular complexity index is 1080. The lowest BCUT2D eigenvalue weighted by molar-refractivity contribution is -0.145. The number of β-lactam (4-membered cyclic amide) rings is 1. The average molecular weight is 492 g/mol. The number of carbonyl (C=O) groups is 4. The quantitative estimate of drug-likeness (QED) is 0.121. The van der Waals surface area contributed by atoms with Crippen molar-refractivity contribution in [2.24, 2.45) is 5.16 Å². The van der Waals surface area contributed by atoms with Crippen LogP contribution >= 0.6 is 11.3 Å². The van der Waals surface area contributed by atoms with Crippen molar-refractivity contribution in [3.8, 4) is 0 Å². The lowest BCUT2D eigenvalue weighted by Crippen LogP contribution is -2.71. The Morgan fingerprint density at radius 3 is 2.44 bits per heavy atom. The fraction of sp³-hybridized carbons (Fsp3) is 0.467. The van der Waals surface area contributed by atoms with Crippen LogP contribution in [0, 0.1) is 0 Å². The molecule has 1 aliphatic heterocycles. The highest BCUT2D eigenvalue weighted by atomic mass is 32.2. The summed E-state index contributed by atoms with van der Waals surface area (Å²) in [5, 5.41) is 7.43. The van der Waals surface area contributed by atoms with Crippen molar-refractivity contribution in [1.29, 1.82) is 0 Å². The van der Waals surface area contributed by atoms with E-state index in [1.807, 2.05) is 0 Å². The number of rotatable bonds is 7. The van der Waals surface area contributed by atoms with Gasteiger partial charge in [0.15, 0.2) is 10.8 Å². The molecule has 0 spiro atoms. The van der Waals surface area contributed by atoms with Crippen LogP contribution in [0.3, 0.4) is 0 Å². The molecule has 1 aromatic heterocycles. The van der Waals surface area contributed by atoms with Crippen LogP contribution in [0.2, 0.25) is 0 Å². The molecule has 1 saturated heterocycles. The first-order valence-corrected chi connectivity index (χ1v) is 11.1. The van der Waals surface area contributed by atoms with E-state index in [2.05, 4.69) is 26.3 Å². The standard InChI is InChI=1S/C15H21N7O8S2/c1-6-9(12(25)22(6)32(27,28)29)18-11(24)10(8-5-31-14(16)17-8)21-30-15(3,4)13(26)20-19-7(2)23/h5-6,9H,1-4H3,(H2,16,17)(H,18,24)(H,19,23)(H,20,26)(H,27,28,29)/b21-10-/t6-,9-/m0/s1. The van der Waals surface area contributed by atoms with Crippen molar-refractivity contribution in [1.82, 2.24) is 25.5 Å². The number of nitrogens with zero attached hydrogens (tertiary/aromatic N) is 3. The van der Waals surface area contributed by atoms with Crippen molar-refractivity contribution in [2.75, 3.05) is 5.73 Å². The molecule has 1 aromatic rings. The number of carbonyl (C=O) groups excluding carboxylic acids is 4. The molecule has 0 bridgehead atoms. The third-order valence-corrected chi connectivity index (χ3v) is 5.80. The SMILES string of the molecule is CC(=O)NNC(=O)C(C)(C)O/N=C(\C(=O)N[C@@H]1C(=O)N(S(=O)(=O)O)[C@H]1C)c1csc(N)n1. The Balaban J connectivity index is 2.23. The second kappa shape index (κ2) is 9.05. The molecule has 1 fully saturated rings. The minimum absolute atomic E-state index is 0.0332. The number of hydrogen-bond acceptors (Lipinski definition) is 11. The second-order valence-corrected chi connectivity index (χ2v) is 9.23. The van der Waals surface area contributed by atoms with Crippen LogP contribution in [0.1, 0.15) is 33.4 Å². The van der Waals surface area contributed by atoms with Gasteiger partial charge in [0.05, 0.1) is 6.04 Å². The van der Waals surface area contributed by atoms with E-state index in [0.29, 0.717) is 0 Å². The van der Waals surface area contributed by atoms with Gasteiger partial charge in [-0.2, -0.15) is 8.42 Å². The fourth-order valence-corrected chi connectivity index (χ4v) is 3.84. The smallest absolute Gasteiger partial charge is 0.362 e. The first-order valence-electron chi connectivity index (χ1n) is 8.81. The van der Waals surface area contributed by atoms with E-state index in [1.54, 1.807) is 0 Å². The van der Waals surface area contributed by atoms with Gasteiger partial charge in [0.25, 0.3) is 17.7 Å². The van der Waals surface area contributed by atoms with Crippen molar-refractivity contribution >= 4 is 56.1 Å². The van der Waals surface area contributed by atoms with Gasteiger partial charge in [0, 0.05) is 12.3 Å². The van der Waals surface area contributed by atoms with Gasteiger partial charge in [-0.3, -0.25) is 34.6 Å². The third-order valence-electron chi connectivity index (χ3n) is 4.11. The first kappa shape index (κ1) is 25.0. The van der Waals surface area contributed by atoms with Gasteiger partial charge in [0.1, 0.15) is 11.7 Å². The molecule has 0 saturated carbocycles. The molecule has 17 heteroatoms. The molecule has 6 N–H and O–H groups in total. The van der Waals surface area contributed by atoms with Crippen molar-refractivity contribution in [3.05, 3.63) is 11.1 Å². The highest BCUT2D eigenvalue weighted by Crippen LogP contribution is 2.23. The Kier molecular flexibility index (Phi) is 7.06. The summed E-state index contributed by atoms with van der Waals surface area (Å²) in [6.45, 7) is 5.08. The van der Waals surface area contributed by atoms with Gasteiger partial charge in [-0.15, -0.1) is 11.3 Å². The maximum Gasteiger partial charge on any atom is 0.362 e. The molecule has 0 radical (unpaired) electrons. The number of amides is 4. The lowest BCUT2D eigenvalue weighted by atomic mass is 10.0. The summed E-state index contributed by atoms with van der Waals surface area (Å²) in [6.07, 6.45) is 0. The zero-order chi connectivity index (χ0) is 24.4. The topological polar surface area (TPSA) is 222 Å². The molecule has 2 heterocycles. The van der Waals surface area contributed by atoms with Gasteiger partial charge in [-0.1, -0.05) is 5.16 Å². The van der Waals surface area contributed by atoms with Gasteiger partial charge < -0.3 is 15.9 Å². The normalized spacial score (nSPS) is 19.1. The Morgan fingerprint density at radius 2 is 1.97 bits per heavy atom. The zero-order valence-electron chi connectivity index (χ0n) is 17.3. The number of nitrogens with two attached hydrogens (primary N) is 1. The van der Waals surface area contributed by atoms with Crippen molar-refractivity contribution < 1.29 is 37.0 Å². The summed E-state index contributed by atoms with van der Waals surface area (Å²) in [5.41, 5.74) is 7.62. The van der Waals surface area contributed by atoms with Gasteiger partial charge >= 0.3 is 10.3 Å². The van der Waals surface area contributed by atoms with E-state index >= 15 is 0 Å². The summed E-state index contributed by atoms with van der Waals surface area (Å²) in [5.74, 6) is -3.36. The Hall–Kier alpha value is -3.31. The molecule has 32 heavy (non-hydrogen) atoms. The largest absolute Gasteiger partial charge is 0.379 e. The van der Waals surface area contributed by atoms with E-state index < -0.39 is 57.3 Å². The Morgan fingerprint density at radius 1 is 1.34 bits per heavy atom. The molecule has 0 aliphatic carbocycles. The van der Waals surface area contributed by atoms with Crippen LogP contribution in [0.4, 0.5) is 5.13 Å². The van der Waals surface area contributed by atoms with Crippen molar-refractivity contribution in [2.45, 2.75) is 45.4 Å². The minimum atomic E-state index is -4.78. The fourth-order valence-electron chi connectivity index (χ4n) is 2.41. The average Bonchev–Trinajstić information content (AvgIpc) is 3.09. The van der Waals surface area contributed by atoms with Crippen LogP contribution < -0.4 is 21.9 Å². The number of anilines is 1. The molecular weight excluding hydrogens is 470 g/mol. The van der Waals surface area contributed by atoms with Crippen LogP contribution in [-0.4, -0.2) is 69.3 Å². The summed E-state index contributed by atoms with van der Waals surface area (Å²) < 4.78 is 31.7. The summed E-state index contributed by atoms with van der Waals surface area (Å²) >= 11 is 0.981. The molecule has 15 nitrogen and oxygen atoms in total. The van der Waals surface area contributed by atoms with Crippen molar-refractivity contribution in [3.63, 3.8) is 0 Å². The molecule has 0 aromatic carbocycles. The highest BCUT2D eigenvalue weighted by Gasteiger charge is 2.51. The third kappa shape index (κ3) is 5.48. The maximum atomic E-state index is 12.8. The lowest BCUT2D eigenvalue weighted by Gasteiger charge is -2.42. The van der Waals surface area contributed by atoms with Gasteiger partial charge in [-0.25, -0.2) is 9.29 Å². The number of hydrogen-bond donors (Lipinski definition) is 5. The van der Waals surface area contributed by atoms with Crippen LogP contribution in [0.5, 0.6) is 0 Å². The maximum absolute atomic E-state index is 12.8. The van der Waals surface area contributed by atoms with E-state index in [-0.39, 0.29) is 15.1 Å². The van der Waals surface area contributed by atoms with Crippen LogP contribution in [-0.2, 0) is 34.3 Å². The molecular formula is C15H21N7O8S2. The molecule has 1 aliphatic rings. The number of hydrazine groups is 1. The van der Waals surface area contributed by atoms with Gasteiger partial charge in [0.2, 0.25) is 11.5 Å². The van der Waals surface area contributed by atoms with E-state index in [4.69, 9.17) is 15.1 Å². The molecule has 2 atom stereocenters. The molecule has 176 valence electrons. The minimum Gasteiger partial charge on any atom is -0.379 e. The highest BCUT2D eigenvalue weighted by molar-refractivity contribution is 7.84.